The van der Waals surface area contributed by atoms with Crippen LogP contribution in [0.4, 0.5) is 14.5 Å². The van der Waals surface area contributed by atoms with Gasteiger partial charge in [0.15, 0.2) is 0 Å². The van der Waals surface area contributed by atoms with E-state index in [1.54, 1.807) is 0 Å². The summed E-state index contributed by atoms with van der Waals surface area (Å²) in [7, 11) is 0. The zero-order valence-corrected chi connectivity index (χ0v) is 10.2. The molecule has 3 rings (SSSR count). The molecule has 1 aliphatic rings. The van der Waals surface area contributed by atoms with Crippen LogP contribution >= 0.6 is 0 Å². The fourth-order valence-electron chi connectivity index (χ4n) is 2.29. The monoisotopic (exact) mass is 261 g/mol. The van der Waals surface area contributed by atoms with Crippen LogP contribution in [-0.2, 0) is 0 Å². The van der Waals surface area contributed by atoms with E-state index in [1.165, 1.54) is 6.07 Å². The molecule has 1 heterocycles. The molecule has 1 unspecified atom stereocenters. The summed E-state index contributed by atoms with van der Waals surface area (Å²) in [5.41, 5.74) is 1.15. The largest absolute Gasteiger partial charge is 0.493 e. The Morgan fingerprint density at radius 2 is 1.95 bits per heavy atom. The van der Waals surface area contributed by atoms with Crippen molar-refractivity contribution >= 4 is 5.69 Å². The van der Waals surface area contributed by atoms with Gasteiger partial charge in [-0.2, -0.15) is 0 Å². The van der Waals surface area contributed by atoms with Gasteiger partial charge < -0.3 is 10.1 Å². The number of halogens is 2. The summed E-state index contributed by atoms with van der Waals surface area (Å²) >= 11 is 0. The molecule has 4 heteroatoms. The lowest BCUT2D eigenvalue weighted by Crippen LogP contribution is -2.20. The Balaban J connectivity index is 1.90. The van der Waals surface area contributed by atoms with Crippen LogP contribution in [0.1, 0.15) is 18.0 Å². The molecule has 0 spiro atoms. The van der Waals surface area contributed by atoms with Crippen molar-refractivity contribution in [3.63, 3.8) is 0 Å². The van der Waals surface area contributed by atoms with E-state index in [2.05, 4.69) is 5.32 Å². The van der Waals surface area contributed by atoms with Crippen molar-refractivity contribution in [3.05, 3.63) is 59.7 Å². The van der Waals surface area contributed by atoms with Crippen molar-refractivity contribution in [2.75, 3.05) is 11.9 Å². The van der Waals surface area contributed by atoms with Gasteiger partial charge in [0, 0.05) is 12.0 Å². The van der Waals surface area contributed by atoms with Gasteiger partial charge in [-0.3, -0.25) is 0 Å². The molecule has 0 amide bonds. The van der Waals surface area contributed by atoms with Crippen LogP contribution in [0.5, 0.6) is 5.75 Å². The van der Waals surface area contributed by atoms with Gasteiger partial charge in [-0.05, 0) is 24.3 Å². The number of benzene rings is 2. The summed E-state index contributed by atoms with van der Waals surface area (Å²) in [5.74, 6) is -0.113. The Hall–Kier alpha value is -2.10. The SMILES string of the molecule is Fc1ccc(F)c(NC2CCOc3ccccc32)c1. The lowest BCUT2D eigenvalue weighted by molar-refractivity contribution is 0.274. The third-order valence-electron chi connectivity index (χ3n) is 3.22. The lowest BCUT2D eigenvalue weighted by Gasteiger charge is -2.27. The van der Waals surface area contributed by atoms with Crippen LogP contribution in [0, 0.1) is 11.6 Å². The Morgan fingerprint density at radius 1 is 1.11 bits per heavy atom. The number of para-hydroxylation sites is 1. The van der Waals surface area contributed by atoms with Gasteiger partial charge in [-0.1, -0.05) is 18.2 Å². The van der Waals surface area contributed by atoms with Gasteiger partial charge in [0.05, 0.1) is 18.3 Å². The van der Waals surface area contributed by atoms with Gasteiger partial charge in [0.2, 0.25) is 0 Å². The summed E-state index contributed by atoms with van der Waals surface area (Å²) in [5, 5.41) is 3.05. The summed E-state index contributed by atoms with van der Waals surface area (Å²) in [6.07, 6.45) is 0.715. The highest BCUT2D eigenvalue weighted by Gasteiger charge is 2.21. The average molecular weight is 261 g/mol. The number of ether oxygens (including phenoxy) is 1. The van der Waals surface area contributed by atoms with Crippen LogP contribution in [0.2, 0.25) is 0 Å². The molecule has 19 heavy (non-hydrogen) atoms. The number of hydrogen-bond donors (Lipinski definition) is 1. The van der Waals surface area contributed by atoms with E-state index < -0.39 is 11.6 Å². The van der Waals surface area contributed by atoms with Crippen LogP contribution in [0.25, 0.3) is 0 Å². The van der Waals surface area contributed by atoms with Crippen molar-refractivity contribution in [2.24, 2.45) is 0 Å². The minimum Gasteiger partial charge on any atom is -0.493 e. The van der Waals surface area contributed by atoms with E-state index in [1.807, 2.05) is 24.3 Å². The summed E-state index contributed by atoms with van der Waals surface area (Å²) in [6, 6.07) is 11.0. The highest BCUT2D eigenvalue weighted by molar-refractivity contribution is 5.49. The molecule has 2 aromatic carbocycles. The second-order valence-corrected chi connectivity index (χ2v) is 4.50. The topological polar surface area (TPSA) is 21.3 Å². The molecule has 0 radical (unpaired) electrons. The molecule has 1 aliphatic heterocycles. The number of rotatable bonds is 2. The number of nitrogens with one attached hydrogen (secondary N) is 1. The Morgan fingerprint density at radius 3 is 2.84 bits per heavy atom. The predicted octanol–water partition coefficient (Wildman–Crippen LogP) is 3.90. The first-order chi connectivity index (χ1) is 9.24. The molecule has 0 aliphatic carbocycles. The van der Waals surface area contributed by atoms with E-state index in [-0.39, 0.29) is 11.7 Å². The van der Waals surface area contributed by atoms with Gasteiger partial charge >= 0.3 is 0 Å². The van der Waals surface area contributed by atoms with Crippen molar-refractivity contribution in [1.82, 2.24) is 0 Å². The Labute approximate surface area is 110 Å². The smallest absolute Gasteiger partial charge is 0.146 e. The van der Waals surface area contributed by atoms with Crippen LogP contribution in [-0.4, -0.2) is 6.61 Å². The third-order valence-corrected chi connectivity index (χ3v) is 3.22. The molecule has 0 aromatic heterocycles. The average Bonchev–Trinajstić information content (AvgIpc) is 2.43. The first kappa shape index (κ1) is 12.0. The molecule has 1 atom stereocenters. The van der Waals surface area contributed by atoms with Crippen LogP contribution in [0.15, 0.2) is 42.5 Å². The van der Waals surface area contributed by atoms with E-state index in [9.17, 15) is 8.78 Å². The van der Waals surface area contributed by atoms with Crippen LogP contribution in [0.3, 0.4) is 0 Å². The second-order valence-electron chi connectivity index (χ2n) is 4.50. The Kier molecular flexibility index (Phi) is 3.07. The maximum absolute atomic E-state index is 13.6. The molecule has 0 saturated heterocycles. The van der Waals surface area contributed by atoms with E-state index in [0.29, 0.717) is 13.0 Å². The number of anilines is 1. The summed E-state index contributed by atoms with van der Waals surface area (Å²) in [4.78, 5) is 0. The molecule has 2 nitrogen and oxygen atoms in total. The minimum absolute atomic E-state index is 0.0683. The maximum Gasteiger partial charge on any atom is 0.146 e. The van der Waals surface area contributed by atoms with Gasteiger partial charge in [0.25, 0.3) is 0 Å². The molecule has 2 aromatic rings. The summed E-state index contributed by atoms with van der Waals surface area (Å²) in [6.45, 7) is 0.561. The van der Waals surface area contributed by atoms with Gasteiger partial charge in [-0.25, -0.2) is 8.78 Å². The van der Waals surface area contributed by atoms with E-state index in [0.717, 1.165) is 23.4 Å². The van der Waals surface area contributed by atoms with E-state index >= 15 is 0 Å². The third kappa shape index (κ3) is 2.38. The van der Waals surface area contributed by atoms with E-state index in [4.69, 9.17) is 4.74 Å². The molecule has 0 saturated carbocycles. The lowest BCUT2D eigenvalue weighted by atomic mass is 10.0. The highest BCUT2D eigenvalue weighted by Crippen LogP contribution is 2.34. The van der Waals surface area contributed by atoms with Crippen molar-refractivity contribution in [2.45, 2.75) is 12.5 Å². The Bertz CT molecular complexity index is 600. The molecule has 1 N–H and O–H groups in total. The molecule has 0 fully saturated rings. The van der Waals surface area contributed by atoms with Crippen LogP contribution < -0.4 is 10.1 Å². The number of hydrogen-bond acceptors (Lipinski definition) is 2. The second kappa shape index (κ2) is 4.88. The molecule has 98 valence electrons. The zero-order valence-electron chi connectivity index (χ0n) is 10.2. The zero-order chi connectivity index (χ0) is 13.2. The maximum atomic E-state index is 13.6. The highest BCUT2D eigenvalue weighted by atomic mass is 19.1. The first-order valence-electron chi connectivity index (χ1n) is 6.17. The number of fused-ring (bicyclic) bond motifs is 1. The first-order valence-corrected chi connectivity index (χ1v) is 6.17. The van der Waals surface area contributed by atoms with Crippen molar-refractivity contribution in [3.8, 4) is 5.75 Å². The van der Waals surface area contributed by atoms with Gasteiger partial charge in [-0.15, -0.1) is 0 Å². The molecular formula is C15H13F2NO. The fourth-order valence-corrected chi connectivity index (χ4v) is 2.29. The summed E-state index contributed by atoms with van der Waals surface area (Å²) < 4.78 is 32.3. The van der Waals surface area contributed by atoms with Crippen molar-refractivity contribution in [1.29, 1.82) is 0 Å². The van der Waals surface area contributed by atoms with Crippen molar-refractivity contribution < 1.29 is 13.5 Å². The fraction of sp³-hybridized carbons (Fsp3) is 0.200. The van der Waals surface area contributed by atoms with Gasteiger partial charge in [0.1, 0.15) is 17.4 Å². The normalized spacial score (nSPS) is 17.5. The molecule has 0 bridgehead atoms. The minimum atomic E-state index is -0.454. The quantitative estimate of drug-likeness (QED) is 0.885. The predicted molar refractivity (Wildman–Crippen MR) is 69.3 cm³/mol. The standard InChI is InChI=1S/C15H13F2NO/c16-10-5-6-12(17)14(9-10)18-13-7-8-19-15-4-2-1-3-11(13)15/h1-6,9,13,18H,7-8H2. The molecular weight excluding hydrogens is 248 g/mol.